The molecule has 104 valence electrons. The third-order valence-electron chi connectivity index (χ3n) is 4.03. The fraction of sp³-hybridized carbons (Fsp3) is 0.583. The summed E-state index contributed by atoms with van der Waals surface area (Å²) in [5.74, 6) is 0.433. The molecule has 3 aliphatic rings. The van der Waals surface area contributed by atoms with Crippen molar-refractivity contribution in [2.45, 2.75) is 23.8 Å². The Hall–Kier alpha value is -1.18. The van der Waals surface area contributed by atoms with E-state index in [1.807, 2.05) is 0 Å². The first-order chi connectivity index (χ1) is 9.04. The van der Waals surface area contributed by atoms with Crippen molar-refractivity contribution >= 4 is 10.0 Å². The van der Waals surface area contributed by atoms with Crippen LogP contribution in [-0.2, 0) is 10.0 Å². The second-order valence-electron chi connectivity index (χ2n) is 5.25. The SMILES string of the molecule is O=c1ccc(S(=O)(=O)NC2CN3CCC2CC3)c[nH]1. The van der Waals surface area contributed by atoms with Gasteiger partial charge in [0.05, 0.1) is 4.90 Å². The van der Waals surface area contributed by atoms with E-state index in [4.69, 9.17) is 0 Å². The number of nitrogens with one attached hydrogen (secondary N) is 2. The molecule has 2 N–H and O–H groups in total. The Morgan fingerprint density at radius 1 is 1.26 bits per heavy atom. The predicted octanol–water partition coefficient (Wildman–Crippen LogP) is -0.253. The van der Waals surface area contributed by atoms with Gasteiger partial charge in [-0.3, -0.25) is 4.79 Å². The number of sulfonamides is 1. The highest BCUT2D eigenvalue weighted by Gasteiger charge is 2.36. The fourth-order valence-corrected chi connectivity index (χ4v) is 4.19. The van der Waals surface area contributed by atoms with Crippen molar-refractivity contribution in [3.8, 4) is 0 Å². The van der Waals surface area contributed by atoms with Crippen molar-refractivity contribution in [3.05, 3.63) is 28.7 Å². The average Bonchev–Trinajstić information content (AvgIpc) is 2.40. The lowest BCUT2D eigenvalue weighted by Gasteiger charge is -2.44. The van der Waals surface area contributed by atoms with E-state index in [0.717, 1.165) is 32.5 Å². The van der Waals surface area contributed by atoms with E-state index in [1.165, 1.54) is 18.3 Å². The summed E-state index contributed by atoms with van der Waals surface area (Å²) in [6.07, 6.45) is 3.35. The molecule has 0 spiro atoms. The molecule has 0 saturated carbocycles. The molecule has 0 aromatic carbocycles. The van der Waals surface area contributed by atoms with Crippen LogP contribution in [0, 0.1) is 5.92 Å². The minimum atomic E-state index is -3.55. The molecule has 1 aromatic heterocycles. The van der Waals surface area contributed by atoms with Gasteiger partial charge in [0.25, 0.3) is 0 Å². The normalized spacial score (nSPS) is 30.4. The Balaban J connectivity index is 1.78. The molecule has 7 heteroatoms. The maximum absolute atomic E-state index is 12.2. The van der Waals surface area contributed by atoms with Crippen LogP contribution in [0.25, 0.3) is 0 Å². The number of nitrogens with zero attached hydrogens (tertiary/aromatic N) is 1. The van der Waals surface area contributed by atoms with Crippen LogP contribution in [0.4, 0.5) is 0 Å². The summed E-state index contributed by atoms with van der Waals surface area (Å²) in [5.41, 5.74) is -0.304. The van der Waals surface area contributed by atoms with Gasteiger partial charge >= 0.3 is 0 Å². The number of rotatable bonds is 3. The Bertz CT molecular complexity index is 597. The molecule has 3 aliphatic heterocycles. The number of piperidine rings is 3. The highest BCUT2D eigenvalue weighted by atomic mass is 32.2. The molecule has 0 aliphatic carbocycles. The second-order valence-corrected chi connectivity index (χ2v) is 6.97. The highest BCUT2D eigenvalue weighted by molar-refractivity contribution is 7.89. The predicted molar refractivity (Wildman–Crippen MR) is 70.3 cm³/mol. The number of pyridine rings is 1. The molecule has 0 radical (unpaired) electrons. The Morgan fingerprint density at radius 3 is 2.53 bits per heavy atom. The molecule has 4 heterocycles. The van der Waals surface area contributed by atoms with Crippen LogP contribution in [-0.4, -0.2) is 44.0 Å². The van der Waals surface area contributed by atoms with Crippen LogP contribution >= 0.6 is 0 Å². The van der Waals surface area contributed by atoms with Crippen molar-refractivity contribution in [1.29, 1.82) is 0 Å². The van der Waals surface area contributed by atoms with Gasteiger partial charge in [0, 0.05) is 24.8 Å². The van der Waals surface area contributed by atoms with E-state index < -0.39 is 10.0 Å². The number of fused-ring (bicyclic) bond motifs is 3. The molecule has 19 heavy (non-hydrogen) atoms. The standard InChI is InChI=1S/C12H17N3O3S/c16-12-2-1-10(7-13-12)19(17,18)14-11-8-15-5-3-9(11)4-6-15/h1-2,7,9,11,14H,3-6,8H2,(H,13,16). The highest BCUT2D eigenvalue weighted by Crippen LogP contribution is 2.28. The molecule has 3 saturated heterocycles. The van der Waals surface area contributed by atoms with Crippen LogP contribution in [0.3, 0.4) is 0 Å². The number of hydrogen-bond donors (Lipinski definition) is 2. The molecular weight excluding hydrogens is 266 g/mol. The van der Waals surface area contributed by atoms with Crippen LogP contribution in [0.2, 0.25) is 0 Å². The largest absolute Gasteiger partial charge is 0.328 e. The fourth-order valence-electron chi connectivity index (χ4n) is 2.93. The van der Waals surface area contributed by atoms with E-state index in [2.05, 4.69) is 14.6 Å². The van der Waals surface area contributed by atoms with Crippen LogP contribution < -0.4 is 10.3 Å². The monoisotopic (exact) mass is 283 g/mol. The Morgan fingerprint density at radius 2 is 2.00 bits per heavy atom. The molecule has 1 aromatic rings. The minimum absolute atomic E-state index is 0.0144. The zero-order chi connectivity index (χ0) is 13.5. The van der Waals surface area contributed by atoms with Crippen molar-refractivity contribution in [3.63, 3.8) is 0 Å². The molecule has 4 rings (SSSR count). The topological polar surface area (TPSA) is 82.3 Å². The Labute approximate surface area is 111 Å². The Kier molecular flexibility index (Phi) is 3.20. The maximum Gasteiger partial charge on any atom is 0.247 e. The maximum atomic E-state index is 12.2. The van der Waals surface area contributed by atoms with Gasteiger partial charge in [0.15, 0.2) is 0 Å². The van der Waals surface area contributed by atoms with Gasteiger partial charge in [-0.25, -0.2) is 13.1 Å². The van der Waals surface area contributed by atoms with Crippen molar-refractivity contribution < 1.29 is 8.42 Å². The first-order valence-electron chi connectivity index (χ1n) is 6.48. The van der Waals surface area contributed by atoms with E-state index in [-0.39, 0.29) is 16.5 Å². The summed E-state index contributed by atoms with van der Waals surface area (Å²) in [4.78, 5) is 15.8. The van der Waals surface area contributed by atoms with E-state index >= 15 is 0 Å². The number of aromatic nitrogens is 1. The van der Waals surface area contributed by atoms with Gasteiger partial charge in [-0.15, -0.1) is 0 Å². The molecule has 2 bridgehead atoms. The molecule has 1 atom stereocenters. The van der Waals surface area contributed by atoms with E-state index in [1.54, 1.807) is 0 Å². The number of hydrogen-bond acceptors (Lipinski definition) is 4. The molecular formula is C12H17N3O3S. The van der Waals surface area contributed by atoms with Crippen molar-refractivity contribution in [2.24, 2.45) is 5.92 Å². The smallest absolute Gasteiger partial charge is 0.247 e. The lowest BCUT2D eigenvalue weighted by atomic mass is 9.85. The van der Waals surface area contributed by atoms with Crippen LogP contribution in [0.5, 0.6) is 0 Å². The van der Waals surface area contributed by atoms with Gasteiger partial charge in [-0.2, -0.15) is 0 Å². The zero-order valence-electron chi connectivity index (χ0n) is 10.5. The zero-order valence-corrected chi connectivity index (χ0v) is 11.3. The van der Waals surface area contributed by atoms with Crippen LogP contribution in [0.15, 0.2) is 28.0 Å². The molecule has 3 fully saturated rings. The summed E-state index contributed by atoms with van der Waals surface area (Å²) in [6.45, 7) is 2.93. The lowest BCUT2D eigenvalue weighted by Crippen LogP contribution is -2.57. The van der Waals surface area contributed by atoms with Crippen molar-refractivity contribution in [1.82, 2.24) is 14.6 Å². The average molecular weight is 283 g/mol. The number of H-pyrrole nitrogens is 1. The molecule has 1 unspecified atom stereocenters. The summed E-state index contributed by atoms with van der Waals surface area (Å²) in [6, 6.07) is 2.55. The summed E-state index contributed by atoms with van der Waals surface area (Å²) >= 11 is 0. The van der Waals surface area contributed by atoms with Gasteiger partial charge in [0.1, 0.15) is 0 Å². The van der Waals surface area contributed by atoms with Gasteiger partial charge in [0.2, 0.25) is 15.6 Å². The molecule has 0 amide bonds. The lowest BCUT2D eigenvalue weighted by molar-refractivity contribution is 0.0827. The van der Waals surface area contributed by atoms with Gasteiger partial charge in [-0.1, -0.05) is 0 Å². The van der Waals surface area contributed by atoms with Gasteiger partial charge < -0.3 is 9.88 Å². The van der Waals surface area contributed by atoms with Gasteiger partial charge in [-0.05, 0) is 37.9 Å². The molecule has 6 nitrogen and oxygen atoms in total. The first kappa shape index (κ1) is 12.8. The minimum Gasteiger partial charge on any atom is -0.328 e. The van der Waals surface area contributed by atoms with Crippen molar-refractivity contribution in [2.75, 3.05) is 19.6 Å². The third kappa shape index (κ3) is 2.58. The van der Waals surface area contributed by atoms with Crippen LogP contribution in [0.1, 0.15) is 12.8 Å². The summed E-state index contributed by atoms with van der Waals surface area (Å²) in [5, 5.41) is 0. The second kappa shape index (κ2) is 4.73. The number of aromatic amines is 1. The quantitative estimate of drug-likeness (QED) is 0.801. The summed E-state index contributed by atoms with van der Waals surface area (Å²) < 4.78 is 27.2. The summed E-state index contributed by atoms with van der Waals surface area (Å²) in [7, 11) is -3.55. The van der Waals surface area contributed by atoms with E-state index in [0.29, 0.717) is 5.92 Å². The van der Waals surface area contributed by atoms with E-state index in [9.17, 15) is 13.2 Å². The first-order valence-corrected chi connectivity index (χ1v) is 7.96. The third-order valence-corrected chi connectivity index (χ3v) is 5.52.